The van der Waals surface area contributed by atoms with Crippen LogP contribution in [-0.2, 0) is 29.8 Å². The molecule has 0 bridgehead atoms. The van der Waals surface area contributed by atoms with E-state index in [0.29, 0.717) is 26.3 Å². The molecule has 1 fully saturated rings. The van der Waals surface area contributed by atoms with Crippen molar-refractivity contribution in [3.05, 3.63) is 29.8 Å². The molecule has 8 nitrogen and oxygen atoms in total. The average molecular weight is 426 g/mol. The lowest BCUT2D eigenvalue weighted by Gasteiger charge is -2.29. The summed E-state index contributed by atoms with van der Waals surface area (Å²) in [7, 11) is -3.70. The van der Waals surface area contributed by atoms with Crippen LogP contribution >= 0.6 is 0 Å². The smallest absolute Gasteiger partial charge is 0.245 e. The molecule has 1 saturated heterocycles. The van der Waals surface area contributed by atoms with Crippen LogP contribution < -0.4 is 10.0 Å². The molecule has 1 atom stereocenters. The van der Waals surface area contributed by atoms with Gasteiger partial charge in [0.05, 0.1) is 18.1 Å². The Bertz CT molecular complexity index is 810. The van der Waals surface area contributed by atoms with Gasteiger partial charge < -0.3 is 15.0 Å². The molecule has 2 amide bonds. The van der Waals surface area contributed by atoms with Crippen molar-refractivity contribution in [2.75, 3.05) is 32.8 Å². The molecular weight excluding hydrogens is 394 g/mol. The number of sulfonamides is 1. The van der Waals surface area contributed by atoms with Crippen LogP contribution in [0.15, 0.2) is 29.2 Å². The Balaban J connectivity index is 1.81. The van der Waals surface area contributed by atoms with Crippen LogP contribution in [0.3, 0.4) is 0 Å². The summed E-state index contributed by atoms with van der Waals surface area (Å²) in [4.78, 5) is 26.2. The molecule has 1 aliphatic heterocycles. The minimum atomic E-state index is -3.70. The summed E-state index contributed by atoms with van der Waals surface area (Å²) < 4.78 is 32.4. The Labute approximate surface area is 173 Å². The summed E-state index contributed by atoms with van der Waals surface area (Å²) in [5.41, 5.74) is 0.970. The minimum Gasteiger partial charge on any atom is -0.378 e. The van der Waals surface area contributed by atoms with Crippen molar-refractivity contribution >= 4 is 21.8 Å². The highest BCUT2D eigenvalue weighted by atomic mass is 32.2. The molecule has 29 heavy (non-hydrogen) atoms. The van der Waals surface area contributed by atoms with Crippen LogP contribution in [0.4, 0.5) is 0 Å². The van der Waals surface area contributed by atoms with E-state index in [4.69, 9.17) is 4.74 Å². The molecule has 162 valence electrons. The van der Waals surface area contributed by atoms with E-state index in [1.807, 2.05) is 0 Å². The van der Waals surface area contributed by atoms with E-state index in [1.54, 1.807) is 36.1 Å². The molecule has 2 rings (SSSR count). The molecule has 1 aliphatic rings. The highest BCUT2D eigenvalue weighted by Crippen LogP contribution is 2.23. The molecule has 9 heteroatoms. The molecule has 2 N–H and O–H groups in total. The predicted octanol–water partition coefficient (Wildman–Crippen LogP) is 1.02. The fourth-order valence-corrected chi connectivity index (χ4v) is 3.98. The standard InChI is InChI=1S/C20H31N3O5S/c1-15(19(25)23-11-13-28-14-12-23)22-18(24)9-10-21-29(26,27)17-7-5-16(6-8-17)20(2,3)4/h5-8,15,21H,9-14H2,1-4H3,(H,22,24). The van der Waals surface area contributed by atoms with Gasteiger partial charge in [-0.2, -0.15) is 0 Å². The van der Waals surface area contributed by atoms with Crippen molar-refractivity contribution in [3.63, 3.8) is 0 Å². The van der Waals surface area contributed by atoms with E-state index >= 15 is 0 Å². The molecule has 0 saturated carbocycles. The molecule has 0 radical (unpaired) electrons. The second-order valence-electron chi connectivity index (χ2n) is 8.15. The molecule has 0 aromatic heterocycles. The number of ether oxygens (including phenoxy) is 1. The van der Waals surface area contributed by atoms with Crippen LogP contribution in [0.25, 0.3) is 0 Å². The van der Waals surface area contributed by atoms with Gasteiger partial charge in [-0.05, 0) is 30.0 Å². The summed E-state index contributed by atoms with van der Waals surface area (Å²) in [6.07, 6.45) is -0.0555. The van der Waals surface area contributed by atoms with Gasteiger partial charge in [-0.1, -0.05) is 32.9 Å². The first-order valence-electron chi connectivity index (χ1n) is 9.77. The largest absolute Gasteiger partial charge is 0.378 e. The highest BCUT2D eigenvalue weighted by Gasteiger charge is 2.24. The zero-order valence-electron chi connectivity index (χ0n) is 17.5. The van der Waals surface area contributed by atoms with Crippen LogP contribution in [0.1, 0.15) is 39.7 Å². The number of nitrogens with one attached hydrogen (secondary N) is 2. The van der Waals surface area contributed by atoms with Crippen molar-refractivity contribution in [1.29, 1.82) is 0 Å². The fourth-order valence-electron chi connectivity index (χ4n) is 2.95. The second kappa shape index (κ2) is 9.69. The summed E-state index contributed by atoms with van der Waals surface area (Å²) in [5, 5.41) is 2.62. The second-order valence-corrected chi connectivity index (χ2v) is 9.92. The number of carbonyl (C=O) groups is 2. The van der Waals surface area contributed by atoms with Crippen molar-refractivity contribution < 1.29 is 22.7 Å². The van der Waals surface area contributed by atoms with Gasteiger partial charge in [-0.3, -0.25) is 9.59 Å². The predicted molar refractivity (Wildman–Crippen MR) is 110 cm³/mol. The Kier molecular flexibility index (Phi) is 7.79. The number of hydrogen-bond acceptors (Lipinski definition) is 5. The van der Waals surface area contributed by atoms with Crippen molar-refractivity contribution in [3.8, 4) is 0 Å². The van der Waals surface area contributed by atoms with E-state index < -0.39 is 16.1 Å². The first-order valence-corrected chi connectivity index (χ1v) is 11.2. The van der Waals surface area contributed by atoms with E-state index in [9.17, 15) is 18.0 Å². The number of rotatable bonds is 7. The lowest BCUT2D eigenvalue weighted by Crippen LogP contribution is -2.50. The Morgan fingerprint density at radius 1 is 1.14 bits per heavy atom. The minimum absolute atomic E-state index is 0.0480. The van der Waals surface area contributed by atoms with Crippen LogP contribution in [0, 0.1) is 0 Å². The molecule has 0 aliphatic carbocycles. The lowest BCUT2D eigenvalue weighted by molar-refractivity contribution is -0.139. The van der Waals surface area contributed by atoms with Gasteiger partial charge in [-0.15, -0.1) is 0 Å². The van der Waals surface area contributed by atoms with Crippen LogP contribution in [-0.4, -0.2) is 64.0 Å². The van der Waals surface area contributed by atoms with E-state index in [1.165, 1.54) is 0 Å². The number of hydrogen-bond donors (Lipinski definition) is 2. The Hall–Kier alpha value is -1.97. The summed E-state index contributed by atoms with van der Waals surface area (Å²) >= 11 is 0. The van der Waals surface area contributed by atoms with E-state index in [-0.39, 0.29) is 35.1 Å². The number of benzene rings is 1. The quantitative estimate of drug-likeness (QED) is 0.679. The molecule has 1 aromatic rings. The van der Waals surface area contributed by atoms with Gasteiger partial charge >= 0.3 is 0 Å². The maximum Gasteiger partial charge on any atom is 0.245 e. The molecule has 1 heterocycles. The number of amides is 2. The average Bonchev–Trinajstić information content (AvgIpc) is 2.67. The lowest BCUT2D eigenvalue weighted by atomic mass is 9.87. The molecule has 0 spiro atoms. The number of morpholine rings is 1. The third-order valence-electron chi connectivity index (χ3n) is 4.75. The van der Waals surface area contributed by atoms with Crippen molar-refractivity contribution in [2.24, 2.45) is 0 Å². The van der Waals surface area contributed by atoms with Gasteiger partial charge in [0.2, 0.25) is 21.8 Å². The third kappa shape index (κ3) is 6.80. The molecule has 1 aromatic carbocycles. The maximum absolute atomic E-state index is 12.4. The summed E-state index contributed by atoms with van der Waals surface area (Å²) in [6, 6.07) is 6.04. The zero-order valence-corrected chi connectivity index (χ0v) is 18.3. The maximum atomic E-state index is 12.4. The SMILES string of the molecule is CC(NC(=O)CCNS(=O)(=O)c1ccc(C(C)(C)C)cc1)C(=O)N1CCOCC1. The number of carbonyl (C=O) groups excluding carboxylic acids is 2. The van der Waals surface area contributed by atoms with Gasteiger partial charge in [-0.25, -0.2) is 13.1 Å². The highest BCUT2D eigenvalue weighted by molar-refractivity contribution is 7.89. The zero-order chi connectivity index (χ0) is 21.7. The van der Waals surface area contributed by atoms with E-state index in [0.717, 1.165) is 5.56 Å². The van der Waals surface area contributed by atoms with E-state index in [2.05, 4.69) is 30.8 Å². The fraction of sp³-hybridized carbons (Fsp3) is 0.600. The van der Waals surface area contributed by atoms with Crippen LogP contribution in [0.2, 0.25) is 0 Å². The Morgan fingerprint density at radius 3 is 2.28 bits per heavy atom. The Morgan fingerprint density at radius 2 is 1.72 bits per heavy atom. The number of nitrogens with zero attached hydrogens (tertiary/aromatic N) is 1. The summed E-state index contributed by atoms with van der Waals surface area (Å²) in [6.45, 7) is 9.73. The van der Waals surface area contributed by atoms with Gasteiger partial charge in [0.25, 0.3) is 0 Å². The van der Waals surface area contributed by atoms with Gasteiger partial charge in [0, 0.05) is 26.1 Å². The molecular formula is C20H31N3O5S. The third-order valence-corrected chi connectivity index (χ3v) is 6.22. The molecule has 1 unspecified atom stereocenters. The van der Waals surface area contributed by atoms with Gasteiger partial charge in [0.15, 0.2) is 0 Å². The first kappa shape index (κ1) is 23.3. The van der Waals surface area contributed by atoms with Gasteiger partial charge in [0.1, 0.15) is 6.04 Å². The summed E-state index contributed by atoms with van der Waals surface area (Å²) in [5.74, 6) is -0.550. The first-order chi connectivity index (χ1) is 13.5. The normalized spacial score (nSPS) is 16.3. The van der Waals surface area contributed by atoms with Crippen molar-refractivity contribution in [2.45, 2.75) is 50.5 Å². The van der Waals surface area contributed by atoms with Crippen LogP contribution in [0.5, 0.6) is 0 Å². The topological polar surface area (TPSA) is 105 Å². The monoisotopic (exact) mass is 425 g/mol. The van der Waals surface area contributed by atoms with Crippen molar-refractivity contribution in [1.82, 2.24) is 14.9 Å².